The van der Waals surface area contributed by atoms with E-state index in [4.69, 9.17) is 12.2 Å². The zero-order valence-electron chi connectivity index (χ0n) is 11.7. The van der Waals surface area contributed by atoms with Gasteiger partial charge in [-0.3, -0.25) is 9.69 Å². The van der Waals surface area contributed by atoms with Gasteiger partial charge in [0.05, 0.1) is 10.6 Å². The van der Waals surface area contributed by atoms with Gasteiger partial charge >= 0.3 is 0 Å². The van der Waals surface area contributed by atoms with Crippen molar-refractivity contribution in [2.75, 3.05) is 4.90 Å². The highest BCUT2D eigenvalue weighted by Crippen LogP contribution is 2.37. The van der Waals surface area contributed by atoms with E-state index in [-0.39, 0.29) is 11.7 Å². The van der Waals surface area contributed by atoms with Crippen molar-refractivity contribution in [3.63, 3.8) is 0 Å². The van der Waals surface area contributed by atoms with E-state index in [2.05, 4.69) is 0 Å². The number of para-hydroxylation sites is 1. The molecule has 2 aromatic rings. The van der Waals surface area contributed by atoms with Gasteiger partial charge in [-0.1, -0.05) is 60.4 Å². The van der Waals surface area contributed by atoms with E-state index in [1.165, 1.54) is 22.7 Å². The third-order valence-electron chi connectivity index (χ3n) is 3.34. The van der Waals surface area contributed by atoms with Crippen LogP contribution in [0, 0.1) is 12.7 Å². The first-order chi connectivity index (χ1) is 10.6. The average molecular weight is 329 g/mol. The molecule has 2 aromatic carbocycles. The molecule has 110 valence electrons. The number of thiocarbonyl (C=S) groups is 1. The van der Waals surface area contributed by atoms with Crippen molar-refractivity contribution >= 4 is 46.0 Å². The van der Waals surface area contributed by atoms with Crippen LogP contribution in [0.2, 0.25) is 0 Å². The number of carbonyl (C=O) groups is 1. The Morgan fingerprint density at radius 1 is 1.14 bits per heavy atom. The van der Waals surface area contributed by atoms with Gasteiger partial charge in [-0.15, -0.1) is 0 Å². The summed E-state index contributed by atoms with van der Waals surface area (Å²) in [5, 5.41) is 0. The van der Waals surface area contributed by atoms with Crippen LogP contribution in [-0.2, 0) is 4.79 Å². The Bertz CT molecular complexity index is 801. The second-order valence-electron chi connectivity index (χ2n) is 4.83. The first-order valence-electron chi connectivity index (χ1n) is 6.66. The van der Waals surface area contributed by atoms with E-state index in [0.29, 0.717) is 14.8 Å². The number of carbonyl (C=O) groups excluding carboxylic acids is 1. The highest BCUT2D eigenvalue weighted by atomic mass is 32.2. The molecule has 0 radical (unpaired) electrons. The number of halogens is 1. The molecule has 22 heavy (non-hydrogen) atoms. The monoisotopic (exact) mass is 329 g/mol. The van der Waals surface area contributed by atoms with Gasteiger partial charge in [-0.25, -0.2) is 4.39 Å². The number of rotatable bonds is 2. The number of amides is 1. The van der Waals surface area contributed by atoms with Crippen molar-refractivity contribution in [2.45, 2.75) is 6.92 Å². The van der Waals surface area contributed by atoms with E-state index >= 15 is 0 Å². The Morgan fingerprint density at radius 2 is 1.82 bits per heavy atom. The van der Waals surface area contributed by atoms with Crippen LogP contribution >= 0.6 is 24.0 Å². The zero-order valence-corrected chi connectivity index (χ0v) is 13.4. The van der Waals surface area contributed by atoms with E-state index < -0.39 is 0 Å². The lowest BCUT2D eigenvalue weighted by atomic mass is 10.1. The van der Waals surface area contributed by atoms with Crippen LogP contribution in [0.4, 0.5) is 10.1 Å². The van der Waals surface area contributed by atoms with Crippen LogP contribution in [0.1, 0.15) is 11.1 Å². The van der Waals surface area contributed by atoms with Crippen LogP contribution < -0.4 is 4.90 Å². The van der Waals surface area contributed by atoms with Gasteiger partial charge in [0.25, 0.3) is 5.91 Å². The maximum Gasteiger partial charge on any atom is 0.270 e. The molecule has 0 bridgehead atoms. The maximum absolute atomic E-state index is 13.7. The number of benzene rings is 2. The molecule has 0 unspecified atom stereocenters. The second kappa shape index (κ2) is 6.02. The first-order valence-corrected chi connectivity index (χ1v) is 7.88. The molecule has 1 amide bonds. The zero-order chi connectivity index (χ0) is 15.7. The fraction of sp³-hybridized carbons (Fsp3) is 0.0588. The molecule has 1 aliphatic rings. The fourth-order valence-electron chi connectivity index (χ4n) is 2.22. The molecule has 1 heterocycles. The molecule has 0 aromatic heterocycles. The molecular weight excluding hydrogens is 317 g/mol. The van der Waals surface area contributed by atoms with Gasteiger partial charge in [0.15, 0.2) is 4.32 Å². The largest absolute Gasteiger partial charge is 0.270 e. The molecule has 0 saturated carbocycles. The number of anilines is 1. The lowest BCUT2D eigenvalue weighted by molar-refractivity contribution is -0.113. The third kappa shape index (κ3) is 2.69. The Labute approximate surface area is 137 Å². The molecule has 0 spiro atoms. The molecule has 1 aliphatic heterocycles. The van der Waals surface area contributed by atoms with Crippen molar-refractivity contribution in [3.05, 3.63) is 70.4 Å². The summed E-state index contributed by atoms with van der Waals surface area (Å²) in [6.07, 6.45) is 1.55. The highest BCUT2D eigenvalue weighted by Gasteiger charge is 2.34. The predicted octanol–water partition coefficient (Wildman–Crippen LogP) is 4.54. The molecule has 3 rings (SSSR count). The maximum atomic E-state index is 13.7. The topological polar surface area (TPSA) is 20.3 Å². The highest BCUT2D eigenvalue weighted by molar-refractivity contribution is 8.27. The number of hydrogen-bond donors (Lipinski definition) is 0. The summed E-state index contributed by atoms with van der Waals surface area (Å²) in [6, 6.07) is 13.9. The van der Waals surface area contributed by atoms with Crippen LogP contribution in [0.3, 0.4) is 0 Å². The van der Waals surface area contributed by atoms with E-state index in [1.807, 2.05) is 31.2 Å². The lowest BCUT2D eigenvalue weighted by Gasteiger charge is -2.16. The van der Waals surface area contributed by atoms with Crippen molar-refractivity contribution in [3.8, 4) is 0 Å². The fourth-order valence-corrected chi connectivity index (χ4v) is 3.50. The Balaban J connectivity index is 1.99. The minimum Gasteiger partial charge on any atom is -0.268 e. The van der Waals surface area contributed by atoms with E-state index in [1.54, 1.807) is 24.3 Å². The van der Waals surface area contributed by atoms with Gasteiger partial charge in [0.2, 0.25) is 0 Å². The number of hydrogen-bond acceptors (Lipinski definition) is 3. The van der Waals surface area contributed by atoms with Crippen molar-refractivity contribution < 1.29 is 9.18 Å². The number of nitrogens with zero attached hydrogens (tertiary/aromatic N) is 1. The molecule has 2 nitrogen and oxygen atoms in total. The molecule has 0 aliphatic carbocycles. The van der Waals surface area contributed by atoms with E-state index in [0.717, 1.165) is 11.3 Å². The summed E-state index contributed by atoms with van der Waals surface area (Å²) in [5.74, 6) is -0.573. The summed E-state index contributed by atoms with van der Waals surface area (Å²) >= 11 is 6.51. The van der Waals surface area contributed by atoms with Gasteiger partial charge in [0.1, 0.15) is 5.82 Å². The SMILES string of the molecule is Cc1ccccc1N1C(=O)/C(=C/c2ccccc2F)SC1=S. The Kier molecular flexibility index (Phi) is 4.09. The van der Waals surface area contributed by atoms with Gasteiger partial charge in [0, 0.05) is 5.56 Å². The van der Waals surface area contributed by atoms with Gasteiger partial charge in [-0.05, 0) is 30.7 Å². The average Bonchev–Trinajstić information content (AvgIpc) is 2.77. The summed E-state index contributed by atoms with van der Waals surface area (Å²) in [7, 11) is 0. The Morgan fingerprint density at radius 3 is 2.55 bits per heavy atom. The molecule has 5 heteroatoms. The van der Waals surface area contributed by atoms with Crippen molar-refractivity contribution in [1.82, 2.24) is 0 Å². The summed E-state index contributed by atoms with van der Waals surface area (Å²) in [5.41, 5.74) is 2.11. The second-order valence-corrected chi connectivity index (χ2v) is 6.50. The minimum absolute atomic E-state index is 0.215. The quantitative estimate of drug-likeness (QED) is 0.596. The first kappa shape index (κ1) is 14.9. The smallest absolute Gasteiger partial charge is 0.268 e. The van der Waals surface area contributed by atoms with Crippen molar-refractivity contribution in [2.24, 2.45) is 0 Å². The van der Waals surface area contributed by atoms with E-state index in [9.17, 15) is 9.18 Å². The number of thioether (sulfide) groups is 1. The summed E-state index contributed by atoms with van der Waals surface area (Å²) in [6.45, 7) is 1.93. The van der Waals surface area contributed by atoms with Crippen LogP contribution in [0.5, 0.6) is 0 Å². The van der Waals surface area contributed by atoms with Crippen molar-refractivity contribution in [1.29, 1.82) is 0 Å². The Hall–Kier alpha value is -1.98. The molecule has 0 N–H and O–H groups in total. The van der Waals surface area contributed by atoms with Crippen LogP contribution in [-0.4, -0.2) is 10.2 Å². The summed E-state index contributed by atoms with van der Waals surface area (Å²) in [4.78, 5) is 14.5. The van der Waals surface area contributed by atoms with Crippen LogP contribution in [0.15, 0.2) is 53.4 Å². The molecule has 0 atom stereocenters. The lowest BCUT2D eigenvalue weighted by Crippen LogP contribution is -2.28. The predicted molar refractivity (Wildman–Crippen MR) is 93.2 cm³/mol. The van der Waals surface area contributed by atoms with Crippen LogP contribution in [0.25, 0.3) is 6.08 Å². The van der Waals surface area contributed by atoms with Gasteiger partial charge in [-0.2, -0.15) is 0 Å². The summed E-state index contributed by atoms with van der Waals surface area (Å²) < 4.78 is 14.2. The molecule has 1 fully saturated rings. The minimum atomic E-state index is -0.358. The molecule has 1 saturated heterocycles. The molecular formula is C17H12FNOS2. The third-order valence-corrected chi connectivity index (χ3v) is 4.64. The van der Waals surface area contributed by atoms with Gasteiger partial charge < -0.3 is 0 Å². The standard InChI is InChI=1S/C17H12FNOS2/c1-11-6-2-5-9-14(11)19-16(20)15(22-17(19)21)10-12-7-3-4-8-13(12)18/h2-10H,1H3/b15-10-. The normalized spacial score (nSPS) is 16.6. The number of aryl methyl sites for hydroxylation is 1.